The quantitative estimate of drug-likeness (QED) is 0.817. The normalized spacial score (nSPS) is 10.7. The van der Waals surface area contributed by atoms with E-state index in [2.05, 4.69) is 20.9 Å². The van der Waals surface area contributed by atoms with Crippen LogP contribution in [0.4, 0.5) is 5.69 Å². The first-order valence-corrected chi connectivity index (χ1v) is 4.95. The summed E-state index contributed by atoms with van der Waals surface area (Å²) in [6, 6.07) is 5.70. The van der Waals surface area contributed by atoms with Gasteiger partial charge in [-0.3, -0.25) is 4.98 Å². The lowest BCUT2D eigenvalue weighted by Gasteiger charge is -2.06. The van der Waals surface area contributed by atoms with Crippen LogP contribution in [0.15, 0.2) is 28.9 Å². The minimum absolute atomic E-state index is 0.0630. The molecule has 1 heterocycles. The molecule has 4 heteroatoms. The summed E-state index contributed by atoms with van der Waals surface area (Å²) >= 11 is 3.36. The average Bonchev–Trinajstić information content (AvgIpc) is 2.18. The number of nitrogens with zero attached hydrogens (tertiary/aromatic N) is 1. The summed E-state index contributed by atoms with van der Waals surface area (Å²) in [7, 11) is 0. The molecule has 0 aliphatic rings. The Bertz CT molecular complexity index is 485. The number of aromatic nitrogens is 1. The van der Waals surface area contributed by atoms with Crippen LogP contribution in [0.2, 0.25) is 0 Å². The van der Waals surface area contributed by atoms with Crippen molar-refractivity contribution < 1.29 is 5.11 Å². The van der Waals surface area contributed by atoms with E-state index in [1.807, 2.05) is 18.2 Å². The van der Waals surface area contributed by atoms with Crippen LogP contribution in [-0.2, 0) is 6.61 Å². The third-order valence-corrected chi connectivity index (χ3v) is 2.63. The summed E-state index contributed by atoms with van der Waals surface area (Å²) < 4.78 is 0.964. The third-order valence-electron chi connectivity index (χ3n) is 2.13. The fraction of sp³-hybridized carbons (Fsp3) is 0.100. The summed E-state index contributed by atoms with van der Waals surface area (Å²) in [5.74, 6) is 0. The van der Waals surface area contributed by atoms with Gasteiger partial charge in [0.2, 0.25) is 0 Å². The second-order valence-corrected chi connectivity index (χ2v) is 3.93. The van der Waals surface area contributed by atoms with Gasteiger partial charge >= 0.3 is 0 Å². The van der Waals surface area contributed by atoms with E-state index in [9.17, 15) is 0 Å². The second-order valence-electron chi connectivity index (χ2n) is 3.01. The number of nitrogens with two attached hydrogens (primary N) is 1. The van der Waals surface area contributed by atoms with Gasteiger partial charge in [-0.2, -0.15) is 0 Å². The van der Waals surface area contributed by atoms with Crippen molar-refractivity contribution in [2.24, 2.45) is 0 Å². The molecule has 0 unspecified atom stereocenters. The molecule has 0 spiro atoms. The first-order chi connectivity index (χ1) is 6.72. The fourth-order valence-electron chi connectivity index (χ4n) is 1.42. The summed E-state index contributed by atoms with van der Waals surface area (Å²) in [5.41, 5.74) is 7.80. The molecular weight excluding hydrogens is 244 g/mol. The molecule has 0 fully saturated rings. The molecule has 0 radical (unpaired) electrons. The number of halogens is 1. The average molecular weight is 253 g/mol. The molecule has 3 N–H and O–H groups in total. The van der Waals surface area contributed by atoms with E-state index in [-0.39, 0.29) is 6.61 Å². The molecule has 14 heavy (non-hydrogen) atoms. The number of aliphatic hydroxyl groups excluding tert-OH is 1. The predicted molar refractivity (Wildman–Crippen MR) is 59.8 cm³/mol. The summed E-state index contributed by atoms with van der Waals surface area (Å²) in [6.45, 7) is -0.0630. The minimum Gasteiger partial charge on any atom is -0.397 e. The van der Waals surface area contributed by atoms with Gasteiger partial charge in [-0.15, -0.1) is 0 Å². The number of nitrogen functional groups attached to an aromatic ring is 1. The van der Waals surface area contributed by atoms with Crippen LogP contribution in [0.1, 0.15) is 5.56 Å². The standard InChI is InChI=1S/C10H9BrN2O/c11-6-1-2-7-8(5-14)9(12)4-13-10(7)3-6/h1-4,14H,5,12H2. The van der Waals surface area contributed by atoms with E-state index in [4.69, 9.17) is 10.8 Å². The van der Waals surface area contributed by atoms with Gasteiger partial charge in [-0.05, 0) is 12.1 Å². The van der Waals surface area contributed by atoms with Crippen molar-refractivity contribution >= 4 is 32.5 Å². The molecule has 0 aliphatic heterocycles. The lowest BCUT2D eigenvalue weighted by Crippen LogP contribution is -1.97. The zero-order chi connectivity index (χ0) is 10.1. The zero-order valence-corrected chi connectivity index (χ0v) is 8.95. The highest BCUT2D eigenvalue weighted by Gasteiger charge is 2.05. The first kappa shape index (κ1) is 9.43. The Kier molecular flexibility index (Phi) is 2.39. The fourth-order valence-corrected chi connectivity index (χ4v) is 1.76. The molecule has 1 aromatic heterocycles. The maximum Gasteiger partial charge on any atom is 0.0718 e. The second kappa shape index (κ2) is 3.55. The molecular formula is C10H9BrN2O. The van der Waals surface area contributed by atoms with Gasteiger partial charge in [0.25, 0.3) is 0 Å². The number of hydrogen-bond donors (Lipinski definition) is 2. The summed E-state index contributed by atoms with van der Waals surface area (Å²) in [6.07, 6.45) is 1.57. The molecule has 1 aromatic carbocycles. The highest BCUT2D eigenvalue weighted by atomic mass is 79.9. The van der Waals surface area contributed by atoms with Crippen LogP contribution in [0.3, 0.4) is 0 Å². The van der Waals surface area contributed by atoms with Crippen LogP contribution >= 0.6 is 15.9 Å². The van der Waals surface area contributed by atoms with Crippen molar-refractivity contribution in [1.29, 1.82) is 0 Å². The van der Waals surface area contributed by atoms with Crippen molar-refractivity contribution in [2.45, 2.75) is 6.61 Å². The number of hydrogen-bond acceptors (Lipinski definition) is 3. The molecule has 2 rings (SSSR count). The Morgan fingerprint density at radius 3 is 2.93 bits per heavy atom. The Hall–Kier alpha value is -1.13. The molecule has 0 saturated carbocycles. The first-order valence-electron chi connectivity index (χ1n) is 4.16. The van der Waals surface area contributed by atoms with Gasteiger partial charge in [0.05, 0.1) is 24.0 Å². The summed E-state index contributed by atoms with van der Waals surface area (Å²) in [5, 5.41) is 10.1. The van der Waals surface area contributed by atoms with Gasteiger partial charge in [-0.1, -0.05) is 22.0 Å². The SMILES string of the molecule is Nc1cnc2cc(Br)ccc2c1CO. The van der Waals surface area contributed by atoms with Crippen molar-refractivity contribution in [3.63, 3.8) is 0 Å². The Morgan fingerprint density at radius 1 is 1.43 bits per heavy atom. The lowest BCUT2D eigenvalue weighted by atomic mass is 10.1. The van der Waals surface area contributed by atoms with E-state index in [0.29, 0.717) is 5.69 Å². The number of anilines is 1. The third kappa shape index (κ3) is 1.47. The van der Waals surface area contributed by atoms with Crippen LogP contribution in [0.5, 0.6) is 0 Å². The van der Waals surface area contributed by atoms with E-state index >= 15 is 0 Å². The van der Waals surface area contributed by atoms with E-state index in [1.165, 1.54) is 0 Å². The Balaban J connectivity index is 2.82. The number of aliphatic hydroxyl groups is 1. The molecule has 0 atom stereocenters. The van der Waals surface area contributed by atoms with Crippen LogP contribution in [0, 0.1) is 0 Å². The maximum atomic E-state index is 9.17. The van der Waals surface area contributed by atoms with Gasteiger partial charge in [0.15, 0.2) is 0 Å². The molecule has 2 aromatic rings. The highest BCUT2D eigenvalue weighted by molar-refractivity contribution is 9.10. The predicted octanol–water partition coefficient (Wildman–Crippen LogP) is 2.07. The number of fused-ring (bicyclic) bond motifs is 1. The largest absolute Gasteiger partial charge is 0.397 e. The van der Waals surface area contributed by atoms with E-state index in [1.54, 1.807) is 6.20 Å². The Labute approximate surface area is 89.7 Å². The van der Waals surface area contributed by atoms with Crippen molar-refractivity contribution in [1.82, 2.24) is 4.98 Å². The molecule has 0 amide bonds. The number of benzene rings is 1. The Morgan fingerprint density at radius 2 is 2.21 bits per heavy atom. The van der Waals surface area contributed by atoms with E-state index < -0.39 is 0 Å². The highest BCUT2D eigenvalue weighted by Crippen LogP contribution is 2.24. The zero-order valence-electron chi connectivity index (χ0n) is 7.37. The summed E-state index contributed by atoms with van der Waals surface area (Å²) in [4.78, 5) is 4.18. The molecule has 0 saturated heterocycles. The lowest BCUT2D eigenvalue weighted by molar-refractivity contribution is 0.284. The maximum absolute atomic E-state index is 9.17. The molecule has 72 valence electrons. The van der Waals surface area contributed by atoms with Crippen LogP contribution in [0.25, 0.3) is 10.9 Å². The number of pyridine rings is 1. The van der Waals surface area contributed by atoms with Crippen molar-refractivity contribution in [3.05, 3.63) is 34.4 Å². The molecule has 0 bridgehead atoms. The van der Waals surface area contributed by atoms with Gasteiger partial charge in [0, 0.05) is 15.4 Å². The van der Waals surface area contributed by atoms with Gasteiger partial charge < -0.3 is 10.8 Å². The molecule has 0 aliphatic carbocycles. The topological polar surface area (TPSA) is 59.1 Å². The van der Waals surface area contributed by atoms with Crippen LogP contribution in [-0.4, -0.2) is 10.1 Å². The monoisotopic (exact) mass is 252 g/mol. The van der Waals surface area contributed by atoms with Gasteiger partial charge in [-0.25, -0.2) is 0 Å². The van der Waals surface area contributed by atoms with Crippen molar-refractivity contribution in [3.8, 4) is 0 Å². The van der Waals surface area contributed by atoms with Crippen molar-refractivity contribution in [2.75, 3.05) is 5.73 Å². The van der Waals surface area contributed by atoms with Crippen LogP contribution < -0.4 is 5.73 Å². The van der Waals surface area contributed by atoms with E-state index in [0.717, 1.165) is 20.9 Å². The smallest absolute Gasteiger partial charge is 0.0718 e. The number of rotatable bonds is 1. The van der Waals surface area contributed by atoms with Gasteiger partial charge in [0.1, 0.15) is 0 Å². The minimum atomic E-state index is -0.0630. The molecule has 3 nitrogen and oxygen atoms in total.